The molecule has 2 aliphatic heterocycles. The number of aromatic nitrogens is 2. The van der Waals surface area contributed by atoms with Crippen LogP contribution in [0.15, 0.2) is 12.4 Å². The molecule has 0 bridgehead atoms. The molecule has 4 rings (SSSR count). The number of carbonyl (C=O) groups is 1. The van der Waals surface area contributed by atoms with Crippen molar-refractivity contribution in [2.24, 2.45) is 11.3 Å². The first kappa shape index (κ1) is 14.2. The summed E-state index contributed by atoms with van der Waals surface area (Å²) in [5.74, 6) is 0.278. The van der Waals surface area contributed by atoms with Gasteiger partial charge in [0.1, 0.15) is 0 Å². The average Bonchev–Trinajstić information content (AvgIpc) is 3.22. The van der Waals surface area contributed by atoms with E-state index in [0.717, 1.165) is 31.6 Å². The SMILES string of the molecule is CCn1cc([C@H]2OCC[C@@H]2C(=O)N2CCC3(CCC3)C2)cn1. The molecule has 1 aromatic rings. The minimum atomic E-state index is -0.106. The molecule has 3 heterocycles. The zero-order valence-corrected chi connectivity index (χ0v) is 13.3. The van der Waals surface area contributed by atoms with Gasteiger partial charge in [-0.25, -0.2) is 0 Å². The smallest absolute Gasteiger partial charge is 0.228 e. The molecule has 0 radical (unpaired) electrons. The van der Waals surface area contributed by atoms with Gasteiger partial charge in [0.05, 0.1) is 18.2 Å². The van der Waals surface area contributed by atoms with Crippen LogP contribution in [0.1, 0.15) is 50.7 Å². The van der Waals surface area contributed by atoms with Crippen LogP contribution in [0.2, 0.25) is 0 Å². The number of carbonyl (C=O) groups excluding carboxylic acids is 1. The molecule has 1 aromatic heterocycles. The van der Waals surface area contributed by atoms with Crippen molar-refractivity contribution in [3.63, 3.8) is 0 Å². The number of amides is 1. The Labute approximate surface area is 131 Å². The molecule has 22 heavy (non-hydrogen) atoms. The van der Waals surface area contributed by atoms with E-state index in [9.17, 15) is 4.79 Å². The van der Waals surface area contributed by atoms with Gasteiger partial charge in [-0.1, -0.05) is 6.42 Å². The lowest BCUT2D eigenvalue weighted by Crippen LogP contribution is -2.39. The first-order valence-corrected chi connectivity index (χ1v) is 8.63. The van der Waals surface area contributed by atoms with E-state index < -0.39 is 0 Å². The second-order valence-electron chi connectivity index (χ2n) is 7.18. The van der Waals surface area contributed by atoms with E-state index in [1.54, 1.807) is 0 Å². The molecule has 1 aliphatic carbocycles. The Morgan fingerprint density at radius 3 is 2.95 bits per heavy atom. The minimum Gasteiger partial charge on any atom is -0.373 e. The fourth-order valence-corrected chi connectivity index (χ4v) is 4.31. The average molecular weight is 303 g/mol. The maximum atomic E-state index is 13.0. The van der Waals surface area contributed by atoms with Gasteiger partial charge in [-0.05, 0) is 38.0 Å². The van der Waals surface area contributed by atoms with Gasteiger partial charge in [-0.3, -0.25) is 9.48 Å². The van der Waals surface area contributed by atoms with Crippen molar-refractivity contribution in [1.82, 2.24) is 14.7 Å². The maximum Gasteiger partial charge on any atom is 0.228 e. The van der Waals surface area contributed by atoms with E-state index in [2.05, 4.69) is 16.9 Å². The lowest BCUT2D eigenvalue weighted by molar-refractivity contribution is -0.137. The Morgan fingerprint density at radius 1 is 1.45 bits per heavy atom. The minimum absolute atomic E-state index is 0.0234. The molecule has 1 amide bonds. The van der Waals surface area contributed by atoms with Crippen LogP contribution in [-0.4, -0.2) is 40.3 Å². The van der Waals surface area contributed by atoms with E-state index in [4.69, 9.17) is 4.74 Å². The predicted octanol–water partition coefficient (Wildman–Crippen LogP) is 2.38. The van der Waals surface area contributed by atoms with Gasteiger partial charge in [-0.15, -0.1) is 0 Å². The molecule has 2 saturated heterocycles. The van der Waals surface area contributed by atoms with Gasteiger partial charge in [0.15, 0.2) is 0 Å². The highest BCUT2D eigenvalue weighted by Gasteiger charge is 2.47. The van der Waals surface area contributed by atoms with Crippen molar-refractivity contribution in [2.45, 2.75) is 51.7 Å². The van der Waals surface area contributed by atoms with Gasteiger partial charge < -0.3 is 9.64 Å². The fourth-order valence-electron chi connectivity index (χ4n) is 4.31. The summed E-state index contributed by atoms with van der Waals surface area (Å²) in [4.78, 5) is 15.1. The molecule has 2 atom stereocenters. The summed E-state index contributed by atoms with van der Waals surface area (Å²) < 4.78 is 7.78. The number of rotatable bonds is 3. The van der Waals surface area contributed by atoms with E-state index in [1.807, 2.05) is 17.1 Å². The summed E-state index contributed by atoms with van der Waals surface area (Å²) in [6.07, 6.45) is 9.77. The lowest BCUT2D eigenvalue weighted by Gasteiger charge is -2.38. The zero-order valence-electron chi connectivity index (χ0n) is 13.3. The molecule has 3 fully saturated rings. The van der Waals surface area contributed by atoms with E-state index in [0.29, 0.717) is 17.9 Å². The summed E-state index contributed by atoms with van der Waals surface area (Å²) in [5, 5.41) is 4.33. The van der Waals surface area contributed by atoms with Gasteiger partial charge in [0.25, 0.3) is 0 Å². The van der Waals surface area contributed by atoms with Crippen molar-refractivity contribution < 1.29 is 9.53 Å². The Hall–Kier alpha value is -1.36. The third kappa shape index (κ3) is 2.26. The normalized spacial score (nSPS) is 30.0. The highest BCUT2D eigenvalue weighted by Crippen LogP contribution is 2.49. The monoisotopic (exact) mass is 303 g/mol. The van der Waals surface area contributed by atoms with Crippen LogP contribution in [0.4, 0.5) is 0 Å². The third-order valence-corrected chi connectivity index (χ3v) is 5.88. The molecule has 0 N–H and O–H groups in total. The van der Waals surface area contributed by atoms with E-state index in [1.165, 1.54) is 25.7 Å². The van der Waals surface area contributed by atoms with Gasteiger partial charge >= 0.3 is 0 Å². The van der Waals surface area contributed by atoms with Crippen LogP contribution in [0, 0.1) is 11.3 Å². The Morgan fingerprint density at radius 2 is 2.32 bits per heavy atom. The van der Waals surface area contributed by atoms with Crippen LogP contribution >= 0.6 is 0 Å². The Kier molecular flexibility index (Phi) is 3.48. The molecule has 120 valence electrons. The summed E-state index contributed by atoms with van der Waals surface area (Å²) in [6, 6.07) is 0. The van der Waals surface area contributed by atoms with Crippen molar-refractivity contribution in [1.29, 1.82) is 0 Å². The van der Waals surface area contributed by atoms with Crippen LogP contribution in [0.5, 0.6) is 0 Å². The maximum absolute atomic E-state index is 13.0. The summed E-state index contributed by atoms with van der Waals surface area (Å²) >= 11 is 0. The van der Waals surface area contributed by atoms with E-state index in [-0.39, 0.29) is 12.0 Å². The number of hydrogen-bond acceptors (Lipinski definition) is 3. The van der Waals surface area contributed by atoms with Crippen molar-refractivity contribution in [3.8, 4) is 0 Å². The van der Waals surface area contributed by atoms with Gasteiger partial charge in [0, 0.05) is 38.0 Å². The summed E-state index contributed by atoms with van der Waals surface area (Å²) in [5.41, 5.74) is 1.52. The third-order valence-electron chi connectivity index (χ3n) is 5.88. The van der Waals surface area contributed by atoms with Crippen LogP contribution in [0.25, 0.3) is 0 Å². The number of aryl methyl sites for hydroxylation is 1. The largest absolute Gasteiger partial charge is 0.373 e. The van der Waals surface area contributed by atoms with Gasteiger partial charge in [0.2, 0.25) is 5.91 Å². The molecule has 0 aromatic carbocycles. The van der Waals surface area contributed by atoms with Crippen molar-refractivity contribution >= 4 is 5.91 Å². The fraction of sp³-hybridized carbons (Fsp3) is 0.765. The van der Waals surface area contributed by atoms with Crippen molar-refractivity contribution in [2.75, 3.05) is 19.7 Å². The van der Waals surface area contributed by atoms with Crippen LogP contribution in [-0.2, 0) is 16.1 Å². The molecule has 1 saturated carbocycles. The predicted molar refractivity (Wildman–Crippen MR) is 82.2 cm³/mol. The van der Waals surface area contributed by atoms with Crippen molar-refractivity contribution in [3.05, 3.63) is 18.0 Å². The molecule has 0 unspecified atom stereocenters. The lowest BCUT2D eigenvalue weighted by atomic mass is 9.68. The molecular formula is C17H25N3O2. The summed E-state index contributed by atoms with van der Waals surface area (Å²) in [7, 11) is 0. The van der Waals surface area contributed by atoms with E-state index >= 15 is 0 Å². The summed E-state index contributed by atoms with van der Waals surface area (Å²) in [6.45, 7) is 5.51. The van der Waals surface area contributed by atoms with Crippen LogP contribution in [0.3, 0.4) is 0 Å². The molecule has 1 spiro atoms. The molecule has 3 aliphatic rings. The topological polar surface area (TPSA) is 47.4 Å². The first-order chi connectivity index (χ1) is 10.7. The quantitative estimate of drug-likeness (QED) is 0.861. The van der Waals surface area contributed by atoms with Gasteiger partial charge in [-0.2, -0.15) is 5.10 Å². The highest BCUT2D eigenvalue weighted by molar-refractivity contribution is 5.80. The Bertz CT molecular complexity index is 564. The zero-order chi connectivity index (χ0) is 15.2. The number of hydrogen-bond donors (Lipinski definition) is 0. The van der Waals surface area contributed by atoms with Crippen LogP contribution < -0.4 is 0 Å². The second kappa shape index (κ2) is 5.37. The highest BCUT2D eigenvalue weighted by atomic mass is 16.5. The first-order valence-electron chi connectivity index (χ1n) is 8.63. The molecule has 5 nitrogen and oxygen atoms in total. The number of nitrogens with zero attached hydrogens (tertiary/aromatic N) is 3. The Balaban J connectivity index is 1.47. The molecule has 5 heteroatoms. The number of ether oxygens (including phenoxy) is 1. The number of likely N-dealkylation sites (tertiary alicyclic amines) is 1. The molecular weight excluding hydrogens is 278 g/mol. The standard InChI is InChI=1S/C17H25N3O2/c1-2-20-11-13(10-18-20)15-14(4-9-22-15)16(21)19-8-7-17(12-19)5-3-6-17/h10-11,14-15H,2-9,12H2,1H3/t14-,15+/m0/s1. The second-order valence-corrected chi connectivity index (χ2v) is 7.18.